The SMILES string of the molecule is CC1(COc2ccc(/C(=C/C=C/C(=O)O)c3ccc(C(F)(F)F)cc3)cc2)COC1. The van der Waals surface area contributed by atoms with Crippen molar-refractivity contribution in [1.29, 1.82) is 0 Å². The van der Waals surface area contributed by atoms with E-state index in [0.717, 1.165) is 23.8 Å². The van der Waals surface area contributed by atoms with Crippen molar-refractivity contribution in [3.05, 3.63) is 83.4 Å². The Morgan fingerprint density at radius 3 is 2.13 bits per heavy atom. The molecule has 0 amide bonds. The molecule has 2 aromatic carbocycles. The third-order valence-electron chi connectivity index (χ3n) is 4.68. The summed E-state index contributed by atoms with van der Waals surface area (Å²) in [5.74, 6) is -0.449. The van der Waals surface area contributed by atoms with Crippen LogP contribution in [0.4, 0.5) is 13.2 Å². The molecule has 0 radical (unpaired) electrons. The number of allylic oxidation sites excluding steroid dienone is 2. The fourth-order valence-corrected chi connectivity index (χ4v) is 2.95. The van der Waals surface area contributed by atoms with Gasteiger partial charge in [0.15, 0.2) is 0 Å². The van der Waals surface area contributed by atoms with Crippen LogP contribution in [0.3, 0.4) is 0 Å². The molecule has 1 heterocycles. The first-order valence-corrected chi connectivity index (χ1v) is 9.26. The highest BCUT2D eigenvalue weighted by Crippen LogP contribution is 2.32. The first-order valence-electron chi connectivity index (χ1n) is 9.26. The van der Waals surface area contributed by atoms with Gasteiger partial charge in [0.05, 0.1) is 25.4 Å². The minimum Gasteiger partial charge on any atom is -0.493 e. The van der Waals surface area contributed by atoms with E-state index >= 15 is 0 Å². The van der Waals surface area contributed by atoms with Gasteiger partial charge in [-0.1, -0.05) is 43.3 Å². The van der Waals surface area contributed by atoms with Gasteiger partial charge >= 0.3 is 12.1 Å². The Morgan fingerprint density at radius 2 is 1.67 bits per heavy atom. The maximum Gasteiger partial charge on any atom is 0.416 e. The quantitative estimate of drug-likeness (QED) is 0.497. The second-order valence-electron chi connectivity index (χ2n) is 7.47. The molecule has 0 bridgehead atoms. The molecule has 0 unspecified atom stereocenters. The van der Waals surface area contributed by atoms with Crippen molar-refractivity contribution in [2.24, 2.45) is 5.41 Å². The van der Waals surface area contributed by atoms with Crippen LogP contribution in [0.25, 0.3) is 5.57 Å². The van der Waals surface area contributed by atoms with E-state index in [1.165, 1.54) is 18.2 Å². The van der Waals surface area contributed by atoms with Crippen molar-refractivity contribution in [2.75, 3.05) is 19.8 Å². The summed E-state index contributed by atoms with van der Waals surface area (Å²) in [4.78, 5) is 10.8. The van der Waals surface area contributed by atoms with Gasteiger partial charge in [-0.25, -0.2) is 4.79 Å². The van der Waals surface area contributed by atoms with Crippen LogP contribution in [0.2, 0.25) is 0 Å². The molecule has 2 aromatic rings. The van der Waals surface area contributed by atoms with Crippen LogP contribution in [-0.2, 0) is 15.7 Å². The maximum absolute atomic E-state index is 12.9. The molecular weight excluding hydrogens is 397 g/mol. The van der Waals surface area contributed by atoms with E-state index in [2.05, 4.69) is 6.92 Å². The van der Waals surface area contributed by atoms with Crippen molar-refractivity contribution < 1.29 is 32.5 Å². The third-order valence-corrected chi connectivity index (χ3v) is 4.68. The standard InChI is InChI=1S/C23H21F3O4/c1-22(13-29-14-22)15-30-19-11-7-17(8-12-19)20(3-2-4-21(27)28)16-5-9-18(10-6-16)23(24,25)26/h2-12H,13-15H2,1H3,(H,27,28)/b4-2+,20-3+. The van der Waals surface area contributed by atoms with Gasteiger partial charge in [-0.15, -0.1) is 0 Å². The van der Waals surface area contributed by atoms with Crippen LogP contribution in [0.15, 0.2) is 66.8 Å². The number of aliphatic carboxylic acids is 1. The van der Waals surface area contributed by atoms with E-state index < -0.39 is 17.7 Å². The summed E-state index contributed by atoms with van der Waals surface area (Å²) < 4.78 is 49.6. The molecule has 1 N–H and O–H groups in total. The first kappa shape index (κ1) is 21.6. The summed E-state index contributed by atoms with van der Waals surface area (Å²) in [6.07, 6.45) is -0.563. The second-order valence-corrected chi connectivity index (χ2v) is 7.47. The average Bonchev–Trinajstić information content (AvgIpc) is 2.68. The van der Waals surface area contributed by atoms with Crippen molar-refractivity contribution in [2.45, 2.75) is 13.1 Å². The number of hydrogen-bond donors (Lipinski definition) is 1. The number of ether oxygens (including phenoxy) is 2. The molecule has 0 saturated carbocycles. The molecule has 0 aliphatic carbocycles. The lowest BCUT2D eigenvalue weighted by Crippen LogP contribution is -2.44. The zero-order valence-electron chi connectivity index (χ0n) is 16.3. The summed E-state index contributed by atoms with van der Waals surface area (Å²) in [6.45, 7) is 3.91. The van der Waals surface area contributed by atoms with Crippen molar-refractivity contribution >= 4 is 11.5 Å². The number of halogens is 3. The second kappa shape index (κ2) is 8.75. The number of carbonyl (C=O) groups is 1. The van der Waals surface area contributed by atoms with Gasteiger partial charge in [-0.2, -0.15) is 13.2 Å². The van der Waals surface area contributed by atoms with Gasteiger partial charge in [0.1, 0.15) is 5.75 Å². The Labute approximate surface area is 172 Å². The van der Waals surface area contributed by atoms with Gasteiger partial charge in [-0.05, 0) is 41.0 Å². The number of carboxylic acid groups (broad SMARTS) is 1. The normalized spacial score (nSPS) is 16.3. The lowest BCUT2D eigenvalue weighted by atomic mass is 9.90. The lowest BCUT2D eigenvalue weighted by Gasteiger charge is -2.37. The molecule has 0 spiro atoms. The molecule has 7 heteroatoms. The summed E-state index contributed by atoms with van der Waals surface area (Å²) in [6, 6.07) is 11.9. The lowest BCUT2D eigenvalue weighted by molar-refractivity contribution is -0.137. The maximum atomic E-state index is 12.9. The molecule has 4 nitrogen and oxygen atoms in total. The van der Waals surface area contributed by atoms with Gasteiger partial charge in [0.25, 0.3) is 0 Å². The summed E-state index contributed by atoms with van der Waals surface area (Å²) in [5, 5.41) is 8.81. The smallest absolute Gasteiger partial charge is 0.416 e. The highest BCUT2D eigenvalue weighted by atomic mass is 19.4. The molecule has 3 rings (SSSR count). The molecule has 30 heavy (non-hydrogen) atoms. The van der Waals surface area contributed by atoms with Crippen LogP contribution in [-0.4, -0.2) is 30.9 Å². The Morgan fingerprint density at radius 1 is 1.10 bits per heavy atom. The predicted molar refractivity (Wildman–Crippen MR) is 106 cm³/mol. The van der Waals surface area contributed by atoms with Gasteiger partial charge < -0.3 is 14.6 Å². The Balaban J connectivity index is 1.84. The van der Waals surface area contributed by atoms with E-state index in [1.807, 2.05) is 0 Å². The first-order chi connectivity index (χ1) is 14.2. The summed E-state index contributed by atoms with van der Waals surface area (Å²) >= 11 is 0. The van der Waals surface area contributed by atoms with Crippen LogP contribution in [0.5, 0.6) is 5.75 Å². The summed E-state index contributed by atoms with van der Waals surface area (Å²) in [5.41, 5.74) is 1.10. The number of rotatable bonds is 7. The molecule has 1 fully saturated rings. The molecule has 0 atom stereocenters. The molecule has 1 aliphatic heterocycles. The highest BCUT2D eigenvalue weighted by molar-refractivity contribution is 5.84. The fraction of sp³-hybridized carbons (Fsp3) is 0.261. The Hall–Kier alpha value is -3.06. The monoisotopic (exact) mass is 418 g/mol. The number of carboxylic acids is 1. The van der Waals surface area contributed by atoms with Crippen molar-refractivity contribution in [1.82, 2.24) is 0 Å². The van der Waals surface area contributed by atoms with Gasteiger partial charge in [0, 0.05) is 11.5 Å². The summed E-state index contributed by atoms with van der Waals surface area (Å²) in [7, 11) is 0. The zero-order chi connectivity index (χ0) is 21.8. The van der Waals surface area contributed by atoms with Crippen molar-refractivity contribution in [3.8, 4) is 5.75 Å². The van der Waals surface area contributed by atoms with Gasteiger partial charge in [-0.3, -0.25) is 0 Å². The predicted octanol–water partition coefficient (Wildman–Crippen LogP) is 5.19. The fourth-order valence-electron chi connectivity index (χ4n) is 2.95. The largest absolute Gasteiger partial charge is 0.493 e. The minimum absolute atomic E-state index is 0.00555. The van der Waals surface area contributed by atoms with E-state index in [4.69, 9.17) is 14.6 Å². The molecular formula is C23H21F3O4. The van der Waals surface area contributed by atoms with Crippen LogP contribution in [0, 0.1) is 5.41 Å². The zero-order valence-corrected chi connectivity index (χ0v) is 16.3. The van der Waals surface area contributed by atoms with Gasteiger partial charge in [0.2, 0.25) is 0 Å². The number of alkyl halides is 3. The topological polar surface area (TPSA) is 55.8 Å². The number of hydrogen-bond acceptors (Lipinski definition) is 3. The minimum atomic E-state index is -4.42. The van der Waals surface area contributed by atoms with E-state index in [0.29, 0.717) is 36.7 Å². The van der Waals surface area contributed by atoms with E-state index in [-0.39, 0.29) is 5.41 Å². The average molecular weight is 418 g/mol. The Bertz CT molecular complexity index is 938. The van der Waals surface area contributed by atoms with Crippen LogP contribution in [0.1, 0.15) is 23.6 Å². The number of benzene rings is 2. The van der Waals surface area contributed by atoms with Crippen LogP contribution < -0.4 is 4.74 Å². The third kappa shape index (κ3) is 5.51. The Kier molecular flexibility index (Phi) is 6.31. The molecule has 0 aromatic heterocycles. The molecule has 1 aliphatic rings. The highest BCUT2D eigenvalue weighted by Gasteiger charge is 2.34. The van der Waals surface area contributed by atoms with Crippen LogP contribution >= 0.6 is 0 Å². The van der Waals surface area contributed by atoms with Crippen molar-refractivity contribution in [3.63, 3.8) is 0 Å². The van der Waals surface area contributed by atoms with E-state index in [1.54, 1.807) is 30.3 Å². The molecule has 1 saturated heterocycles. The molecule has 158 valence electrons. The van der Waals surface area contributed by atoms with E-state index in [9.17, 15) is 18.0 Å².